The second kappa shape index (κ2) is 7.75. The molecule has 0 N–H and O–H groups in total. The Morgan fingerprint density at radius 3 is 2.96 bits per heavy atom. The van der Waals surface area contributed by atoms with Gasteiger partial charge in [0.2, 0.25) is 11.7 Å². The molecule has 0 fully saturated rings. The van der Waals surface area contributed by atoms with E-state index in [1.807, 2.05) is 4.68 Å². The van der Waals surface area contributed by atoms with Gasteiger partial charge in [-0.1, -0.05) is 31.1 Å². The van der Waals surface area contributed by atoms with E-state index in [0.29, 0.717) is 23.3 Å². The van der Waals surface area contributed by atoms with Crippen molar-refractivity contribution in [1.82, 2.24) is 35.1 Å². The molecule has 0 aromatic carbocycles. The van der Waals surface area contributed by atoms with Crippen molar-refractivity contribution in [3.63, 3.8) is 0 Å². The van der Waals surface area contributed by atoms with E-state index < -0.39 is 0 Å². The number of aromatic nitrogens is 7. The topological polar surface area (TPSA) is 95.4 Å². The fourth-order valence-corrected chi connectivity index (χ4v) is 4.04. The van der Waals surface area contributed by atoms with Gasteiger partial charge in [0.15, 0.2) is 0 Å². The second-order valence-corrected chi connectivity index (χ2v) is 8.35. The smallest absolute Gasteiger partial charge is 0.230 e. The van der Waals surface area contributed by atoms with Crippen LogP contribution in [0.25, 0.3) is 11.5 Å². The molecule has 1 atom stereocenters. The van der Waals surface area contributed by atoms with Crippen LogP contribution in [0.1, 0.15) is 50.4 Å². The Labute approximate surface area is 162 Å². The molecule has 27 heavy (non-hydrogen) atoms. The lowest BCUT2D eigenvalue weighted by Gasteiger charge is -2.19. The number of aryl methyl sites for hydroxylation is 1. The van der Waals surface area contributed by atoms with Gasteiger partial charge in [-0.2, -0.15) is 4.98 Å². The molecule has 142 valence electrons. The molecule has 8 nitrogen and oxygen atoms in total. The zero-order valence-corrected chi connectivity index (χ0v) is 16.6. The fourth-order valence-electron chi connectivity index (χ4n) is 3.35. The lowest BCUT2D eigenvalue weighted by Crippen LogP contribution is -2.18. The molecule has 4 rings (SSSR count). The van der Waals surface area contributed by atoms with Crippen LogP contribution in [-0.2, 0) is 19.4 Å². The first-order chi connectivity index (χ1) is 13.2. The van der Waals surface area contributed by atoms with Gasteiger partial charge < -0.3 is 4.52 Å². The Kier molecular flexibility index (Phi) is 5.20. The summed E-state index contributed by atoms with van der Waals surface area (Å²) < 4.78 is 7.65. The standard InChI is InChI=1S/C18H23N7OS/c1-4-27-18-15(19-7-8-20-18)16-21-17(26-23-16)12-5-6-13-14(9-12)25(24-22-13)10-11(2)3/h7-8,11-12H,4-6,9-10H2,1-3H3. The number of hydrogen-bond donors (Lipinski definition) is 0. The first-order valence-corrected chi connectivity index (χ1v) is 10.3. The van der Waals surface area contributed by atoms with E-state index in [-0.39, 0.29) is 5.92 Å². The van der Waals surface area contributed by atoms with Gasteiger partial charge in [-0.25, -0.2) is 14.6 Å². The van der Waals surface area contributed by atoms with Gasteiger partial charge >= 0.3 is 0 Å². The highest BCUT2D eigenvalue weighted by Gasteiger charge is 2.29. The number of rotatable bonds is 6. The summed E-state index contributed by atoms with van der Waals surface area (Å²) in [7, 11) is 0. The molecule has 3 aromatic heterocycles. The highest BCUT2D eigenvalue weighted by molar-refractivity contribution is 7.99. The van der Waals surface area contributed by atoms with Gasteiger partial charge in [0.05, 0.1) is 11.4 Å². The summed E-state index contributed by atoms with van der Waals surface area (Å²) in [6.45, 7) is 7.33. The molecule has 0 saturated heterocycles. The lowest BCUT2D eigenvalue weighted by atomic mass is 9.89. The van der Waals surface area contributed by atoms with Crippen LogP contribution in [-0.4, -0.2) is 40.9 Å². The quantitative estimate of drug-likeness (QED) is 0.597. The molecule has 3 aromatic rings. The number of thioether (sulfide) groups is 1. The minimum absolute atomic E-state index is 0.183. The molecule has 0 radical (unpaired) electrons. The predicted molar refractivity (Wildman–Crippen MR) is 101 cm³/mol. The van der Waals surface area contributed by atoms with Crippen LogP contribution in [0, 0.1) is 5.92 Å². The molecule has 1 aliphatic rings. The lowest BCUT2D eigenvalue weighted by molar-refractivity contribution is 0.335. The highest BCUT2D eigenvalue weighted by atomic mass is 32.2. The van der Waals surface area contributed by atoms with Crippen molar-refractivity contribution >= 4 is 11.8 Å². The van der Waals surface area contributed by atoms with Crippen LogP contribution < -0.4 is 0 Å². The van der Waals surface area contributed by atoms with E-state index >= 15 is 0 Å². The maximum absolute atomic E-state index is 5.62. The third-order valence-electron chi connectivity index (χ3n) is 4.57. The molecule has 0 amide bonds. The monoisotopic (exact) mass is 385 g/mol. The van der Waals surface area contributed by atoms with Crippen LogP contribution in [0.15, 0.2) is 21.9 Å². The molecule has 0 aliphatic heterocycles. The van der Waals surface area contributed by atoms with E-state index in [2.05, 4.69) is 51.2 Å². The zero-order chi connectivity index (χ0) is 18.8. The molecular formula is C18H23N7OS. The van der Waals surface area contributed by atoms with Crippen molar-refractivity contribution in [3.8, 4) is 11.5 Å². The average molecular weight is 385 g/mol. The normalized spacial score (nSPS) is 16.7. The summed E-state index contributed by atoms with van der Waals surface area (Å²) in [5.41, 5.74) is 2.98. The van der Waals surface area contributed by atoms with Crippen molar-refractivity contribution in [2.75, 3.05) is 5.75 Å². The van der Waals surface area contributed by atoms with Gasteiger partial charge in [0.1, 0.15) is 10.7 Å². The van der Waals surface area contributed by atoms with Crippen molar-refractivity contribution in [1.29, 1.82) is 0 Å². The third-order valence-corrected chi connectivity index (χ3v) is 5.43. The first-order valence-electron chi connectivity index (χ1n) is 9.34. The summed E-state index contributed by atoms with van der Waals surface area (Å²) in [6.07, 6.45) is 6.00. The zero-order valence-electron chi connectivity index (χ0n) is 15.8. The average Bonchev–Trinajstić information content (AvgIpc) is 3.29. The summed E-state index contributed by atoms with van der Waals surface area (Å²) in [5.74, 6) is 2.79. The maximum atomic E-state index is 5.62. The molecule has 3 heterocycles. The highest BCUT2D eigenvalue weighted by Crippen LogP contribution is 2.33. The molecule has 0 bridgehead atoms. The van der Waals surface area contributed by atoms with Crippen molar-refractivity contribution < 1.29 is 4.52 Å². The Morgan fingerprint density at radius 2 is 2.15 bits per heavy atom. The van der Waals surface area contributed by atoms with E-state index in [1.165, 1.54) is 5.69 Å². The molecule has 1 aliphatic carbocycles. The van der Waals surface area contributed by atoms with Crippen LogP contribution in [0.2, 0.25) is 0 Å². The molecule has 0 spiro atoms. The number of fused-ring (bicyclic) bond motifs is 1. The van der Waals surface area contributed by atoms with Crippen molar-refractivity contribution in [3.05, 3.63) is 29.7 Å². The van der Waals surface area contributed by atoms with E-state index in [1.54, 1.807) is 24.2 Å². The van der Waals surface area contributed by atoms with Gasteiger partial charge in [0.25, 0.3) is 0 Å². The summed E-state index contributed by atoms with van der Waals surface area (Å²) >= 11 is 1.63. The van der Waals surface area contributed by atoms with Crippen LogP contribution >= 0.6 is 11.8 Å². The second-order valence-electron chi connectivity index (χ2n) is 7.10. The van der Waals surface area contributed by atoms with Gasteiger partial charge in [-0.05, 0) is 24.5 Å². The van der Waals surface area contributed by atoms with Gasteiger partial charge in [-0.3, -0.25) is 0 Å². The van der Waals surface area contributed by atoms with Crippen molar-refractivity contribution in [2.45, 2.75) is 57.5 Å². The van der Waals surface area contributed by atoms with Gasteiger partial charge in [0, 0.05) is 31.3 Å². The van der Waals surface area contributed by atoms with E-state index in [9.17, 15) is 0 Å². The summed E-state index contributed by atoms with van der Waals surface area (Å²) in [4.78, 5) is 13.4. The Bertz CT molecular complexity index is 920. The van der Waals surface area contributed by atoms with Gasteiger partial charge in [-0.15, -0.1) is 16.9 Å². The van der Waals surface area contributed by atoms with Crippen LogP contribution in [0.4, 0.5) is 0 Å². The largest absolute Gasteiger partial charge is 0.339 e. The van der Waals surface area contributed by atoms with Crippen LogP contribution in [0.5, 0.6) is 0 Å². The molecule has 9 heteroatoms. The molecule has 0 saturated carbocycles. The SMILES string of the molecule is CCSc1nccnc1-c1noc(C2CCc3nnn(CC(C)C)c3C2)n1. The summed E-state index contributed by atoms with van der Waals surface area (Å²) in [6, 6.07) is 0. The minimum Gasteiger partial charge on any atom is -0.339 e. The minimum atomic E-state index is 0.183. The number of hydrogen-bond acceptors (Lipinski definition) is 8. The molecular weight excluding hydrogens is 362 g/mol. The van der Waals surface area contributed by atoms with E-state index in [4.69, 9.17) is 4.52 Å². The third kappa shape index (κ3) is 3.73. The Morgan fingerprint density at radius 1 is 1.30 bits per heavy atom. The van der Waals surface area contributed by atoms with Crippen LogP contribution in [0.3, 0.4) is 0 Å². The summed E-state index contributed by atoms with van der Waals surface area (Å²) in [5, 5.41) is 13.7. The predicted octanol–water partition coefficient (Wildman–Crippen LogP) is 3.16. The van der Waals surface area contributed by atoms with Crippen molar-refractivity contribution in [2.24, 2.45) is 5.92 Å². The maximum Gasteiger partial charge on any atom is 0.230 e. The number of nitrogens with zero attached hydrogens (tertiary/aromatic N) is 7. The fraction of sp³-hybridized carbons (Fsp3) is 0.556. The Hall–Kier alpha value is -2.29. The van der Waals surface area contributed by atoms with E-state index in [0.717, 1.165) is 42.3 Å². The molecule has 1 unspecified atom stereocenters. The Balaban J connectivity index is 1.57. The first kappa shape index (κ1) is 18.1.